The van der Waals surface area contributed by atoms with E-state index in [1.807, 2.05) is 30.3 Å². The third kappa shape index (κ3) is 7.49. The number of nitrogens with zero attached hydrogens (tertiary/aromatic N) is 4. The first kappa shape index (κ1) is 27.9. The number of amides is 1. The van der Waals surface area contributed by atoms with Crippen molar-refractivity contribution in [2.24, 2.45) is 10.1 Å². The van der Waals surface area contributed by atoms with E-state index < -0.39 is 5.54 Å². The maximum Gasteiger partial charge on any atom is 0.266 e. The van der Waals surface area contributed by atoms with E-state index in [0.717, 1.165) is 5.56 Å². The molecule has 202 valence electrons. The van der Waals surface area contributed by atoms with E-state index in [9.17, 15) is 4.79 Å². The number of ether oxygens (including phenoxy) is 2. The minimum Gasteiger partial charge on any atom is -0.494 e. The van der Waals surface area contributed by atoms with Crippen LogP contribution >= 0.6 is 11.6 Å². The predicted molar refractivity (Wildman–Crippen MR) is 149 cm³/mol. The molecule has 10 nitrogen and oxygen atoms in total. The van der Waals surface area contributed by atoms with Gasteiger partial charge in [0.15, 0.2) is 5.54 Å². The highest BCUT2D eigenvalue weighted by atomic mass is 35.5. The highest BCUT2D eigenvalue weighted by molar-refractivity contribution is 6.30. The number of hydrazine groups is 1. The number of hydrogen-bond acceptors (Lipinski definition) is 7. The van der Waals surface area contributed by atoms with Gasteiger partial charge >= 0.3 is 0 Å². The molecule has 0 bridgehead atoms. The Morgan fingerprint density at radius 2 is 1.92 bits per heavy atom. The van der Waals surface area contributed by atoms with Crippen molar-refractivity contribution in [1.29, 1.82) is 0 Å². The molecule has 1 heterocycles. The maximum atomic E-state index is 13.6. The number of aliphatic hydroxyl groups is 1. The Labute approximate surface area is 231 Å². The smallest absolute Gasteiger partial charge is 0.266 e. The van der Waals surface area contributed by atoms with Gasteiger partial charge in [0.1, 0.15) is 12.4 Å². The van der Waals surface area contributed by atoms with Crippen LogP contribution in [0, 0.1) is 0 Å². The van der Waals surface area contributed by atoms with Gasteiger partial charge in [0, 0.05) is 47.2 Å². The first-order valence-electron chi connectivity index (χ1n) is 12.5. The average Bonchev–Trinajstić information content (AvgIpc) is 3.39. The molecule has 0 aliphatic carbocycles. The van der Waals surface area contributed by atoms with E-state index >= 15 is 0 Å². The van der Waals surface area contributed by atoms with E-state index in [1.54, 1.807) is 42.5 Å². The summed E-state index contributed by atoms with van der Waals surface area (Å²) in [6.45, 7) is 0.970. The lowest BCUT2D eigenvalue weighted by Crippen LogP contribution is -2.53. The summed E-state index contributed by atoms with van der Waals surface area (Å²) in [5.41, 5.74) is 16.3. The van der Waals surface area contributed by atoms with Gasteiger partial charge in [-0.1, -0.05) is 53.1 Å². The largest absolute Gasteiger partial charge is 0.494 e. The van der Waals surface area contributed by atoms with Gasteiger partial charge in [-0.2, -0.15) is 0 Å². The van der Waals surface area contributed by atoms with Gasteiger partial charge in [0.05, 0.1) is 6.61 Å². The number of nitrogens with one attached hydrogen (secondary N) is 2. The van der Waals surface area contributed by atoms with Crippen LogP contribution in [-0.2, 0) is 22.4 Å². The summed E-state index contributed by atoms with van der Waals surface area (Å²) in [6, 6.07) is 21.8. The molecule has 4 rings (SSSR count). The standard InChI is InChI=1S/C28H29ClN6O4/c29-23-10-6-20(7-11-23)14-15-31-34-27(37)28(18-22-4-1-2-5-25(22)33-35-30)19-39-26(32-28)21-8-12-24(13-9-21)38-17-3-16-36/h1-2,4-13,31,36H,3,14-19H2,(H,34,37)/t28-/m0/s1. The lowest BCUT2D eigenvalue weighted by Gasteiger charge is -2.24. The number of carbonyl (C=O) groups excluding carboxylic acids is 1. The predicted octanol–water partition coefficient (Wildman–Crippen LogP) is 4.66. The Kier molecular flexibility index (Phi) is 9.77. The molecule has 1 atom stereocenters. The average molecular weight is 549 g/mol. The van der Waals surface area contributed by atoms with Crippen molar-refractivity contribution < 1.29 is 19.4 Å². The van der Waals surface area contributed by atoms with Crippen LogP contribution in [0.4, 0.5) is 5.69 Å². The molecule has 0 spiro atoms. The SMILES string of the molecule is [N-]=[N+]=Nc1ccccc1C[C@@]1(C(=O)NNCCc2ccc(Cl)cc2)COC(c2ccc(OCCCO)cc2)=N1. The third-order valence-electron chi connectivity index (χ3n) is 6.14. The van der Waals surface area contributed by atoms with Crippen molar-refractivity contribution in [3.63, 3.8) is 0 Å². The topological polar surface area (TPSA) is 141 Å². The molecular formula is C28H29ClN6O4. The molecule has 0 unspecified atom stereocenters. The zero-order chi connectivity index (χ0) is 27.5. The Balaban J connectivity index is 1.52. The van der Waals surface area contributed by atoms with E-state index in [0.29, 0.717) is 59.5 Å². The number of aliphatic hydroxyl groups excluding tert-OH is 1. The minimum absolute atomic E-state index is 0.00633. The molecule has 3 N–H and O–H groups in total. The molecule has 0 saturated heterocycles. The molecule has 3 aromatic carbocycles. The zero-order valence-corrected chi connectivity index (χ0v) is 22.0. The Bertz CT molecular complexity index is 1340. The molecule has 0 fully saturated rings. The number of halogens is 1. The molecule has 1 aliphatic rings. The summed E-state index contributed by atoms with van der Waals surface area (Å²) in [5.74, 6) is 0.616. The number of aliphatic imine (C=N–C) groups is 1. The fraction of sp³-hybridized carbons (Fsp3) is 0.286. The second-order valence-corrected chi connectivity index (χ2v) is 9.38. The summed E-state index contributed by atoms with van der Waals surface area (Å²) in [7, 11) is 0. The van der Waals surface area contributed by atoms with Gasteiger partial charge < -0.3 is 14.6 Å². The van der Waals surface area contributed by atoms with E-state index in [4.69, 9.17) is 36.7 Å². The third-order valence-corrected chi connectivity index (χ3v) is 6.39. The van der Waals surface area contributed by atoms with E-state index in [1.165, 1.54) is 0 Å². The van der Waals surface area contributed by atoms with Gasteiger partial charge in [-0.25, -0.2) is 10.4 Å². The van der Waals surface area contributed by atoms with Crippen LogP contribution in [0.2, 0.25) is 5.02 Å². The number of hydrogen-bond donors (Lipinski definition) is 3. The molecule has 3 aromatic rings. The normalized spacial score (nSPS) is 16.1. The van der Waals surface area contributed by atoms with Crippen molar-refractivity contribution in [2.45, 2.75) is 24.8 Å². The number of rotatable bonds is 13. The fourth-order valence-electron chi connectivity index (χ4n) is 4.07. The van der Waals surface area contributed by atoms with E-state index in [-0.39, 0.29) is 25.5 Å². The summed E-state index contributed by atoms with van der Waals surface area (Å²) in [4.78, 5) is 21.2. The molecule has 0 radical (unpaired) electrons. The van der Waals surface area contributed by atoms with Gasteiger partial charge in [-0.05, 0) is 59.5 Å². The molecule has 0 aromatic heterocycles. The Morgan fingerprint density at radius 3 is 2.67 bits per heavy atom. The molecule has 39 heavy (non-hydrogen) atoms. The summed E-state index contributed by atoms with van der Waals surface area (Å²) >= 11 is 5.95. The lowest BCUT2D eigenvalue weighted by atomic mass is 9.91. The fourth-order valence-corrected chi connectivity index (χ4v) is 4.19. The maximum absolute atomic E-state index is 13.6. The van der Waals surface area contributed by atoms with Crippen LogP contribution in [0.5, 0.6) is 5.75 Å². The van der Waals surface area contributed by atoms with Crippen LogP contribution in [0.25, 0.3) is 10.4 Å². The quantitative estimate of drug-likeness (QED) is 0.0936. The zero-order valence-electron chi connectivity index (χ0n) is 21.2. The highest BCUT2D eigenvalue weighted by Gasteiger charge is 2.45. The van der Waals surface area contributed by atoms with Crippen LogP contribution in [0.15, 0.2) is 82.9 Å². The van der Waals surface area contributed by atoms with Crippen molar-refractivity contribution in [2.75, 3.05) is 26.4 Å². The molecule has 1 aliphatic heterocycles. The highest BCUT2D eigenvalue weighted by Crippen LogP contribution is 2.31. The number of carbonyl (C=O) groups is 1. The molecule has 0 saturated carbocycles. The summed E-state index contributed by atoms with van der Waals surface area (Å²) in [5, 5.41) is 13.4. The van der Waals surface area contributed by atoms with Gasteiger partial charge in [0.2, 0.25) is 5.90 Å². The van der Waals surface area contributed by atoms with Crippen LogP contribution in [0.3, 0.4) is 0 Å². The summed E-state index contributed by atoms with van der Waals surface area (Å²) in [6.07, 6.45) is 1.39. The lowest BCUT2D eigenvalue weighted by molar-refractivity contribution is -0.127. The van der Waals surface area contributed by atoms with Gasteiger partial charge in [-0.15, -0.1) is 0 Å². The van der Waals surface area contributed by atoms with Gasteiger partial charge in [-0.3, -0.25) is 10.2 Å². The molecule has 11 heteroatoms. The molecule has 1 amide bonds. The first-order chi connectivity index (χ1) is 19.0. The minimum atomic E-state index is -1.29. The van der Waals surface area contributed by atoms with Crippen molar-refractivity contribution in [1.82, 2.24) is 10.9 Å². The van der Waals surface area contributed by atoms with Crippen LogP contribution in [0.1, 0.15) is 23.1 Å². The Morgan fingerprint density at radius 1 is 1.15 bits per heavy atom. The number of azide groups is 1. The van der Waals surface area contributed by atoms with Gasteiger partial charge in [0.25, 0.3) is 5.91 Å². The number of benzene rings is 3. The summed E-state index contributed by atoms with van der Waals surface area (Å²) < 4.78 is 11.5. The van der Waals surface area contributed by atoms with E-state index in [2.05, 4.69) is 20.9 Å². The second-order valence-electron chi connectivity index (χ2n) is 8.94. The second kappa shape index (κ2) is 13.6. The van der Waals surface area contributed by atoms with Crippen molar-refractivity contribution >= 4 is 29.1 Å². The monoisotopic (exact) mass is 548 g/mol. The molecular weight excluding hydrogens is 520 g/mol. The van der Waals surface area contributed by atoms with Crippen molar-refractivity contribution in [3.05, 3.63) is 105 Å². The van der Waals surface area contributed by atoms with Crippen LogP contribution < -0.4 is 15.6 Å². The van der Waals surface area contributed by atoms with Crippen LogP contribution in [-0.4, -0.2) is 48.8 Å². The first-order valence-corrected chi connectivity index (χ1v) is 12.9. The Hall–Kier alpha value is -4.08. The van der Waals surface area contributed by atoms with Crippen molar-refractivity contribution in [3.8, 4) is 5.75 Å².